The van der Waals surface area contributed by atoms with Crippen molar-refractivity contribution in [3.63, 3.8) is 0 Å². The largest absolute Gasteiger partial charge is 0.313 e. The molecule has 2 nitrogen and oxygen atoms in total. The molecule has 0 spiro atoms. The molecule has 3 rings (SSSR count). The van der Waals surface area contributed by atoms with Gasteiger partial charge in [-0.05, 0) is 60.9 Å². The van der Waals surface area contributed by atoms with E-state index in [9.17, 15) is 0 Å². The Balaban J connectivity index is 1.42. The van der Waals surface area contributed by atoms with Crippen molar-refractivity contribution in [2.24, 2.45) is 5.92 Å². The van der Waals surface area contributed by atoms with Crippen molar-refractivity contribution in [1.29, 1.82) is 0 Å². The van der Waals surface area contributed by atoms with Crippen LogP contribution in [0.2, 0.25) is 0 Å². The maximum atomic E-state index is 3.70. The van der Waals surface area contributed by atoms with Gasteiger partial charge in [-0.15, -0.1) is 0 Å². The van der Waals surface area contributed by atoms with Gasteiger partial charge in [-0.25, -0.2) is 0 Å². The van der Waals surface area contributed by atoms with E-state index in [1.165, 1.54) is 37.8 Å². The van der Waals surface area contributed by atoms with E-state index in [0.29, 0.717) is 0 Å². The zero-order valence-corrected chi connectivity index (χ0v) is 12.1. The third-order valence-corrected chi connectivity index (χ3v) is 4.96. The molecule has 1 heterocycles. The summed E-state index contributed by atoms with van der Waals surface area (Å²) in [7, 11) is 0. The lowest BCUT2D eigenvalue weighted by Gasteiger charge is -2.23. The first-order chi connectivity index (χ1) is 8.83. The van der Waals surface area contributed by atoms with Crippen LogP contribution in [-0.4, -0.2) is 30.1 Å². The molecule has 0 radical (unpaired) electrons. The molecule has 1 aromatic rings. The van der Waals surface area contributed by atoms with E-state index in [-0.39, 0.29) is 0 Å². The Bertz CT molecular complexity index is 355. The summed E-state index contributed by atoms with van der Waals surface area (Å²) in [4.78, 5) is 2.66. The lowest BCUT2D eigenvalue weighted by atomic mass is 10.2. The molecule has 0 aromatic carbocycles. The van der Waals surface area contributed by atoms with Crippen molar-refractivity contribution in [2.45, 2.75) is 51.2 Å². The number of hydrogen-bond donors (Lipinski definition) is 1. The van der Waals surface area contributed by atoms with Gasteiger partial charge < -0.3 is 5.32 Å². The van der Waals surface area contributed by atoms with Crippen LogP contribution in [0, 0.1) is 5.92 Å². The van der Waals surface area contributed by atoms with Gasteiger partial charge in [-0.1, -0.05) is 0 Å². The summed E-state index contributed by atoms with van der Waals surface area (Å²) < 4.78 is 0. The van der Waals surface area contributed by atoms with Gasteiger partial charge >= 0.3 is 0 Å². The molecular weight excluding hydrogens is 240 g/mol. The third-order valence-electron chi connectivity index (χ3n) is 4.22. The Morgan fingerprint density at radius 2 is 2.22 bits per heavy atom. The van der Waals surface area contributed by atoms with E-state index >= 15 is 0 Å². The number of hydrogen-bond acceptors (Lipinski definition) is 3. The zero-order valence-electron chi connectivity index (χ0n) is 11.3. The van der Waals surface area contributed by atoms with E-state index in [2.05, 4.69) is 34.0 Å². The van der Waals surface area contributed by atoms with Gasteiger partial charge in [0, 0.05) is 31.7 Å². The first-order valence-electron chi connectivity index (χ1n) is 7.31. The van der Waals surface area contributed by atoms with E-state index in [4.69, 9.17) is 0 Å². The van der Waals surface area contributed by atoms with Crippen molar-refractivity contribution >= 4 is 11.3 Å². The Hall–Kier alpha value is -0.380. The minimum absolute atomic E-state index is 0.729. The van der Waals surface area contributed by atoms with Crippen molar-refractivity contribution in [2.75, 3.05) is 13.1 Å². The SMILES string of the molecule is CC(NCCN(Cc1ccsc1)C1CC1)C1CC1. The van der Waals surface area contributed by atoms with Crippen LogP contribution >= 0.6 is 11.3 Å². The maximum absolute atomic E-state index is 3.70. The van der Waals surface area contributed by atoms with Crippen molar-refractivity contribution in [1.82, 2.24) is 10.2 Å². The number of nitrogens with zero attached hydrogens (tertiary/aromatic N) is 1. The highest BCUT2D eigenvalue weighted by Gasteiger charge is 2.30. The highest BCUT2D eigenvalue weighted by Crippen LogP contribution is 2.32. The second kappa shape index (κ2) is 5.72. The first-order valence-corrected chi connectivity index (χ1v) is 8.26. The van der Waals surface area contributed by atoms with Crippen LogP contribution in [0.1, 0.15) is 38.2 Å². The molecule has 2 aliphatic carbocycles. The summed E-state index contributed by atoms with van der Waals surface area (Å²) >= 11 is 1.81. The van der Waals surface area contributed by atoms with Gasteiger partial charge in [0.15, 0.2) is 0 Å². The van der Waals surface area contributed by atoms with Gasteiger partial charge in [0.2, 0.25) is 0 Å². The Kier molecular flexibility index (Phi) is 4.02. The fraction of sp³-hybridized carbons (Fsp3) is 0.733. The molecule has 0 aliphatic heterocycles. The van der Waals surface area contributed by atoms with Crippen molar-refractivity contribution < 1.29 is 0 Å². The molecule has 3 heteroatoms. The molecular formula is C15H24N2S. The molecule has 1 unspecified atom stereocenters. The van der Waals surface area contributed by atoms with Gasteiger partial charge in [0.25, 0.3) is 0 Å². The average Bonchev–Trinajstić information content (AvgIpc) is 3.27. The van der Waals surface area contributed by atoms with Crippen LogP contribution in [0.25, 0.3) is 0 Å². The smallest absolute Gasteiger partial charge is 0.0245 e. The zero-order chi connectivity index (χ0) is 12.4. The van der Waals surface area contributed by atoms with Crippen LogP contribution in [0.15, 0.2) is 16.8 Å². The minimum Gasteiger partial charge on any atom is -0.313 e. The minimum atomic E-state index is 0.729. The summed E-state index contributed by atoms with van der Waals surface area (Å²) in [6.45, 7) is 5.85. The van der Waals surface area contributed by atoms with Crippen LogP contribution < -0.4 is 5.32 Å². The van der Waals surface area contributed by atoms with Crippen LogP contribution in [0.5, 0.6) is 0 Å². The highest BCUT2D eigenvalue weighted by atomic mass is 32.1. The number of nitrogens with one attached hydrogen (secondary N) is 1. The summed E-state index contributed by atoms with van der Waals surface area (Å²) in [6, 6.07) is 3.86. The molecule has 2 aliphatic rings. The fourth-order valence-electron chi connectivity index (χ4n) is 2.65. The summed E-state index contributed by atoms with van der Waals surface area (Å²) in [5.74, 6) is 0.969. The van der Waals surface area contributed by atoms with Crippen LogP contribution in [-0.2, 0) is 6.54 Å². The first kappa shape index (κ1) is 12.6. The van der Waals surface area contributed by atoms with Gasteiger partial charge in [0.1, 0.15) is 0 Å². The predicted molar refractivity (Wildman–Crippen MR) is 77.9 cm³/mol. The normalized spacial score (nSPS) is 21.4. The van der Waals surface area contributed by atoms with E-state index in [1.54, 1.807) is 0 Å². The predicted octanol–water partition coefficient (Wildman–Crippen LogP) is 3.10. The average molecular weight is 264 g/mol. The quantitative estimate of drug-likeness (QED) is 0.776. The summed E-state index contributed by atoms with van der Waals surface area (Å²) in [6.07, 6.45) is 5.69. The maximum Gasteiger partial charge on any atom is 0.0245 e. The van der Waals surface area contributed by atoms with E-state index < -0.39 is 0 Å². The molecule has 1 N–H and O–H groups in total. The van der Waals surface area contributed by atoms with E-state index in [0.717, 1.165) is 31.1 Å². The molecule has 1 aromatic heterocycles. The second-order valence-corrected chi connectivity index (χ2v) is 6.69. The van der Waals surface area contributed by atoms with Crippen molar-refractivity contribution in [3.8, 4) is 0 Å². The molecule has 100 valence electrons. The fourth-order valence-corrected chi connectivity index (χ4v) is 3.31. The second-order valence-electron chi connectivity index (χ2n) is 5.91. The summed E-state index contributed by atoms with van der Waals surface area (Å²) in [5.41, 5.74) is 1.49. The highest BCUT2D eigenvalue weighted by molar-refractivity contribution is 7.07. The molecule has 2 fully saturated rings. The van der Waals surface area contributed by atoms with E-state index in [1.807, 2.05) is 11.3 Å². The standard InChI is InChI=1S/C15H24N2S/c1-12(14-2-3-14)16-7-8-17(15-4-5-15)10-13-6-9-18-11-13/h6,9,11-12,14-16H,2-5,7-8,10H2,1H3. The topological polar surface area (TPSA) is 15.3 Å². The van der Waals surface area contributed by atoms with Crippen LogP contribution in [0.4, 0.5) is 0 Å². The molecule has 2 saturated carbocycles. The number of rotatable bonds is 8. The third kappa shape index (κ3) is 3.56. The van der Waals surface area contributed by atoms with Crippen molar-refractivity contribution in [3.05, 3.63) is 22.4 Å². The van der Waals surface area contributed by atoms with Gasteiger partial charge in [-0.3, -0.25) is 4.90 Å². The molecule has 1 atom stereocenters. The lowest BCUT2D eigenvalue weighted by molar-refractivity contribution is 0.250. The monoisotopic (exact) mass is 264 g/mol. The summed E-state index contributed by atoms with van der Waals surface area (Å²) in [5, 5.41) is 8.17. The lowest BCUT2D eigenvalue weighted by Crippen LogP contribution is -2.37. The Labute approximate surface area is 114 Å². The van der Waals surface area contributed by atoms with Crippen LogP contribution in [0.3, 0.4) is 0 Å². The number of thiophene rings is 1. The van der Waals surface area contributed by atoms with Gasteiger partial charge in [-0.2, -0.15) is 11.3 Å². The Morgan fingerprint density at radius 3 is 2.83 bits per heavy atom. The van der Waals surface area contributed by atoms with Gasteiger partial charge in [0.05, 0.1) is 0 Å². The molecule has 18 heavy (non-hydrogen) atoms. The molecule has 0 amide bonds. The molecule has 0 bridgehead atoms. The Morgan fingerprint density at radius 1 is 1.39 bits per heavy atom. The molecule has 0 saturated heterocycles.